The molecule has 0 spiro atoms. The number of carbonyl (C=O) groups is 1. The Kier molecular flexibility index (Phi) is 5.17. The molecule has 0 heterocycles. The molecule has 1 saturated carbocycles. The first-order valence-corrected chi connectivity index (χ1v) is 8.45. The van der Waals surface area contributed by atoms with Crippen molar-refractivity contribution in [2.45, 2.75) is 37.4 Å². The maximum absolute atomic E-state index is 12.2. The Balaban J connectivity index is 1.93. The molecule has 1 fully saturated rings. The molecule has 20 heavy (non-hydrogen) atoms. The summed E-state index contributed by atoms with van der Waals surface area (Å²) in [4.78, 5) is 13.7. The van der Waals surface area contributed by atoms with Gasteiger partial charge in [0.1, 0.15) is 5.75 Å². The van der Waals surface area contributed by atoms with Crippen molar-refractivity contribution in [3.05, 3.63) is 24.3 Å². The Labute approximate surface area is 122 Å². The third-order valence-corrected chi connectivity index (χ3v) is 5.59. The van der Waals surface area contributed by atoms with Gasteiger partial charge in [0.05, 0.1) is 0 Å². The van der Waals surface area contributed by atoms with Gasteiger partial charge in [-0.2, -0.15) is 0 Å². The van der Waals surface area contributed by atoms with E-state index < -0.39 is 10.8 Å². The van der Waals surface area contributed by atoms with Gasteiger partial charge in [0.2, 0.25) is 5.91 Å². The molecule has 1 aromatic carbocycles. The molecular weight excluding hydrogens is 272 g/mol. The highest BCUT2D eigenvalue weighted by Gasteiger charge is 2.23. The average Bonchev–Trinajstić information content (AvgIpc) is 2.48. The molecule has 1 unspecified atom stereocenters. The molecular formula is C15H22N2O2S. The Morgan fingerprint density at radius 1 is 1.25 bits per heavy atom. The topological polar surface area (TPSA) is 63.4 Å². The van der Waals surface area contributed by atoms with Gasteiger partial charge >= 0.3 is 0 Å². The number of nitrogens with two attached hydrogens (primary N) is 1. The first-order chi connectivity index (χ1) is 9.58. The predicted molar refractivity (Wildman–Crippen MR) is 84.1 cm³/mol. The minimum atomic E-state index is -1.05. The smallest absolute Gasteiger partial charge is 0.239 e. The second-order valence-electron chi connectivity index (χ2n) is 5.33. The van der Waals surface area contributed by atoms with Gasteiger partial charge in [-0.1, -0.05) is 19.3 Å². The Morgan fingerprint density at radius 2 is 1.85 bits per heavy atom. The third kappa shape index (κ3) is 3.82. The van der Waals surface area contributed by atoms with E-state index in [1.807, 2.05) is 0 Å². The van der Waals surface area contributed by atoms with E-state index in [1.54, 1.807) is 36.2 Å². The van der Waals surface area contributed by atoms with Crippen LogP contribution in [0.15, 0.2) is 24.3 Å². The summed E-state index contributed by atoms with van der Waals surface area (Å²) in [5, 5.41) is 0.201. The van der Waals surface area contributed by atoms with Gasteiger partial charge in [0.25, 0.3) is 0 Å². The maximum Gasteiger partial charge on any atom is 0.239 e. The molecule has 4 nitrogen and oxygen atoms in total. The molecule has 110 valence electrons. The quantitative estimate of drug-likeness (QED) is 0.867. The fourth-order valence-corrected chi connectivity index (χ4v) is 4.04. The van der Waals surface area contributed by atoms with Gasteiger partial charge in [-0.05, 0) is 37.1 Å². The van der Waals surface area contributed by atoms with Crippen molar-refractivity contribution in [1.82, 2.24) is 0 Å². The van der Waals surface area contributed by atoms with E-state index in [4.69, 9.17) is 5.73 Å². The highest BCUT2D eigenvalue weighted by atomic mass is 32.2. The lowest BCUT2D eigenvalue weighted by atomic mass is 10.0. The number of carbonyl (C=O) groups excluding carboxylic acids is 1. The second kappa shape index (κ2) is 6.88. The second-order valence-corrected chi connectivity index (χ2v) is 7.05. The van der Waals surface area contributed by atoms with Crippen LogP contribution in [0.1, 0.15) is 32.1 Å². The zero-order chi connectivity index (χ0) is 14.5. The molecule has 2 N–H and O–H groups in total. The maximum atomic E-state index is 12.2. The summed E-state index contributed by atoms with van der Waals surface area (Å²) in [5.74, 6) is 0.0182. The number of benzene rings is 1. The summed E-state index contributed by atoms with van der Waals surface area (Å²) in [7, 11) is 0.663. The molecule has 0 aliphatic heterocycles. The van der Waals surface area contributed by atoms with Crippen LogP contribution in [0.2, 0.25) is 0 Å². The van der Waals surface area contributed by atoms with E-state index in [0.29, 0.717) is 5.69 Å². The lowest BCUT2D eigenvalue weighted by Gasteiger charge is -2.22. The minimum Gasteiger partial charge on any atom is -0.399 e. The van der Waals surface area contributed by atoms with Crippen LogP contribution in [0.5, 0.6) is 0 Å². The van der Waals surface area contributed by atoms with Crippen molar-refractivity contribution in [3.63, 3.8) is 0 Å². The Bertz CT molecular complexity index is 481. The molecule has 1 aliphatic rings. The number of hydrogen-bond donors (Lipinski definition) is 1. The van der Waals surface area contributed by atoms with Crippen molar-refractivity contribution in [2.24, 2.45) is 0 Å². The van der Waals surface area contributed by atoms with Crippen molar-refractivity contribution in [1.29, 1.82) is 0 Å². The highest BCUT2D eigenvalue weighted by Crippen LogP contribution is 2.22. The average molecular weight is 294 g/mol. The largest absolute Gasteiger partial charge is 0.399 e. The number of amides is 1. The zero-order valence-electron chi connectivity index (χ0n) is 11.9. The van der Waals surface area contributed by atoms with Crippen LogP contribution in [0.3, 0.4) is 0 Å². The van der Waals surface area contributed by atoms with E-state index in [2.05, 4.69) is 0 Å². The van der Waals surface area contributed by atoms with Crippen molar-refractivity contribution < 1.29 is 9.00 Å². The number of nitrogen functional groups attached to an aromatic ring is 1. The first kappa shape index (κ1) is 15.0. The number of hydrogen-bond acceptors (Lipinski definition) is 3. The summed E-state index contributed by atoms with van der Waals surface area (Å²) in [6.45, 7) is 0. The van der Waals surface area contributed by atoms with E-state index in [0.717, 1.165) is 31.4 Å². The molecule has 0 aromatic heterocycles. The molecule has 0 saturated heterocycles. The standard InChI is InChI=1S/C15H22N2O2S/c1-17(13-9-7-12(16)8-10-13)15(18)11-20(19)14-5-3-2-4-6-14/h7-10,14H,2-6,11,16H2,1H3. The summed E-state index contributed by atoms with van der Waals surface area (Å²) in [6.07, 6.45) is 5.49. The van der Waals surface area contributed by atoms with Crippen LogP contribution in [0.4, 0.5) is 11.4 Å². The van der Waals surface area contributed by atoms with Crippen LogP contribution in [-0.4, -0.2) is 28.2 Å². The predicted octanol–water partition coefficient (Wildman–Crippen LogP) is 2.31. The van der Waals surface area contributed by atoms with Crippen molar-refractivity contribution in [2.75, 3.05) is 23.4 Å². The van der Waals surface area contributed by atoms with Gasteiger partial charge in [-0.15, -0.1) is 0 Å². The van der Waals surface area contributed by atoms with Crippen LogP contribution in [-0.2, 0) is 15.6 Å². The fourth-order valence-electron chi connectivity index (χ4n) is 2.51. The number of rotatable bonds is 4. The van der Waals surface area contributed by atoms with E-state index in [9.17, 15) is 9.00 Å². The lowest BCUT2D eigenvalue weighted by Crippen LogP contribution is -2.34. The molecule has 1 aromatic rings. The van der Waals surface area contributed by atoms with Gasteiger partial charge < -0.3 is 10.6 Å². The van der Waals surface area contributed by atoms with Gasteiger partial charge in [-0.25, -0.2) is 0 Å². The van der Waals surface area contributed by atoms with Gasteiger partial charge in [0, 0.05) is 34.5 Å². The van der Waals surface area contributed by atoms with Gasteiger partial charge in [-0.3, -0.25) is 9.00 Å². The molecule has 1 atom stereocenters. The first-order valence-electron chi connectivity index (χ1n) is 7.07. The van der Waals surface area contributed by atoms with Crippen LogP contribution < -0.4 is 10.6 Å². The summed E-state index contributed by atoms with van der Waals surface area (Å²) in [6, 6.07) is 7.13. The van der Waals surface area contributed by atoms with Crippen LogP contribution in [0, 0.1) is 0 Å². The Morgan fingerprint density at radius 3 is 2.45 bits per heavy atom. The highest BCUT2D eigenvalue weighted by molar-refractivity contribution is 7.86. The summed E-state index contributed by atoms with van der Waals surface area (Å²) in [5.41, 5.74) is 7.08. The lowest BCUT2D eigenvalue weighted by molar-refractivity contribution is -0.115. The molecule has 1 amide bonds. The van der Waals surface area contributed by atoms with Crippen LogP contribution >= 0.6 is 0 Å². The van der Waals surface area contributed by atoms with Crippen molar-refractivity contribution in [3.8, 4) is 0 Å². The Hall–Kier alpha value is -1.36. The molecule has 2 rings (SSSR count). The summed E-state index contributed by atoms with van der Waals surface area (Å²) >= 11 is 0. The molecule has 0 radical (unpaired) electrons. The zero-order valence-corrected chi connectivity index (χ0v) is 12.7. The monoisotopic (exact) mass is 294 g/mol. The SMILES string of the molecule is CN(C(=O)CS(=O)C1CCCCC1)c1ccc(N)cc1. The van der Waals surface area contributed by atoms with Gasteiger partial charge in [0.15, 0.2) is 0 Å². The molecule has 5 heteroatoms. The van der Waals surface area contributed by atoms with Crippen molar-refractivity contribution >= 4 is 28.1 Å². The number of nitrogens with zero attached hydrogens (tertiary/aromatic N) is 1. The molecule has 0 bridgehead atoms. The van der Waals surface area contributed by atoms with E-state index in [1.165, 1.54) is 6.42 Å². The molecule has 1 aliphatic carbocycles. The minimum absolute atomic E-state index is 0.0984. The van der Waals surface area contributed by atoms with E-state index >= 15 is 0 Å². The van der Waals surface area contributed by atoms with E-state index in [-0.39, 0.29) is 16.9 Å². The third-order valence-electron chi connectivity index (χ3n) is 3.84. The van der Waals surface area contributed by atoms with Crippen LogP contribution in [0.25, 0.3) is 0 Å². The fraction of sp³-hybridized carbons (Fsp3) is 0.533. The number of anilines is 2. The normalized spacial score (nSPS) is 17.6. The summed E-state index contributed by atoms with van der Waals surface area (Å²) < 4.78 is 12.2.